The van der Waals surface area contributed by atoms with Crippen LogP contribution < -0.4 is 4.74 Å². The van der Waals surface area contributed by atoms with Gasteiger partial charge in [0, 0.05) is 31.7 Å². The second kappa shape index (κ2) is 7.75. The molecule has 2 atom stereocenters. The first-order chi connectivity index (χ1) is 15.0. The third kappa shape index (κ3) is 3.33. The van der Waals surface area contributed by atoms with Crippen LogP contribution in [0.15, 0.2) is 54.6 Å². The monoisotopic (exact) mass is 421 g/mol. The molecule has 0 radical (unpaired) electrons. The van der Waals surface area contributed by atoms with Crippen LogP contribution in [0.5, 0.6) is 5.75 Å². The normalized spacial score (nSPS) is 25.5. The molecule has 3 saturated heterocycles. The molecule has 2 aromatic rings. The molecule has 0 aromatic heterocycles. The summed E-state index contributed by atoms with van der Waals surface area (Å²) in [5.74, 6) is 0.482. The molecule has 7 heteroatoms. The van der Waals surface area contributed by atoms with E-state index in [1.54, 1.807) is 7.11 Å². The number of imide groups is 1. The lowest BCUT2D eigenvalue weighted by Crippen LogP contribution is -2.81. The largest absolute Gasteiger partial charge is 0.496 e. The molecule has 1 spiro atoms. The fourth-order valence-corrected chi connectivity index (χ4v) is 5.29. The van der Waals surface area contributed by atoms with Crippen LogP contribution in [0.2, 0.25) is 0 Å². The van der Waals surface area contributed by atoms with Crippen LogP contribution in [0.3, 0.4) is 0 Å². The zero-order valence-electron chi connectivity index (χ0n) is 17.6. The molecule has 1 N–H and O–H groups in total. The maximum absolute atomic E-state index is 13.6. The van der Waals surface area contributed by atoms with Crippen molar-refractivity contribution in [3.05, 3.63) is 65.7 Å². The van der Waals surface area contributed by atoms with Gasteiger partial charge in [0.25, 0.3) is 5.91 Å². The molecule has 3 fully saturated rings. The van der Waals surface area contributed by atoms with Gasteiger partial charge in [0.15, 0.2) is 0 Å². The molecule has 2 amide bonds. The maximum Gasteiger partial charge on any atom is 0.252 e. The average Bonchev–Trinajstić information content (AvgIpc) is 3.16. The minimum Gasteiger partial charge on any atom is -0.496 e. The molecule has 0 aliphatic carbocycles. The first-order valence-electron chi connectivity index (χ1n) is 10.7. The van der Waals surface area contributed by atoms with Crippen molar-refractivity contribution in [2.45, 2.75) is 37.2 Å². The summed E-state index contributed by atoms with van der Waals surface area (Å²) in [6.45, 7) is 2.38. The van der Waals surface area contributed by atoms with Gasteiger partial charge in [-0.25, -0.2) is 0 Å². The van der Waals surface area contributed by atoms with Crippen molar-refractivity contribution in [1.82, 2.24) is 14.7 Å². The van der Waals surface area contributed by atoms with E-state index in [1.807, 2.05) is 59.5 Å². The van der Waals surface area contributed by atoms with E-state index >= 15 is 0 Å². The van der Waals surface area contributed by atoms with Crippen LogP contribution in [-0.4, -0.2) is 76.0 Å². The molecule has 5 rings (SSSR count). The lowest BCUT2D eigenvalue weighted by atomic mass is 9.82. The molecule has 162 valence electrons. The van der Waals surface area contributed by atoms with E-state index in [-0.39, 0.29) is 18.4 Å². The third-order valence-electron chi connectivity index (χ3n) is 6.76. The van der Waals surface area contributed by atoms with Gasteiger partial charge in [-0.05, 0) is 18.1 Å². The maximum atomic E-state index is 13.6. The number of aliphatic hydroxyl groups excluding tert-OH is 1. The molecule has 2 unspecified atom stereocenters. The molecule has 0 saturated carbocycles. The van der Waals surface area contributed by atoms with Crippen molar-refractivity contribution in [1.29, 1.82) is 0 Å². The van der Waals surface area contributed by atoms with Gasteiger partial charge in [0.05, 0.1) is 25.8 Å². The Kier molecular flexibility index (Phi) is 5.04. The summed E-state index contributed by atoms with van der Waals surface area (Å²) >= 11 is 0. The summed E-state index contributed by atoms with van der Waals surface area (Å²) in [6, 6.07) is 17.0. The average molecular weight is 421 g/mol. The van der Waals surface area contributed by atoms with Crippen molar-refractivity contribution in [2.75, 3.05) is 26.7 Å². The molecule has 3 aliphatic heterocycles. The summed E-state index contributed by atoms with van der Waals surface area (Å²) in [7, 11) is 1.66. The van der Waals surface area contributed by atoms with Crippen LogP contribution in [0.4, 0.5) is 0 Å². The van der Waals surface area contributed by atoms with E-state index in [0.29, 0.717) is 32.6 Å². The number of hydrogen-bond acceptors (Lipinski definition) is 6. The lowest BCUT2D eigenvalue weighted by Gasteiger charge is -2.58. The Bertz CT molecular complexity index is 989. The van der Waals surface area contributed by atoms with Crippen LogP contribution in [0, 0.1) is 0 Å². The van der Waals surface area contributed by atoms with Crippen molar-refractivity contribution in [2.24, 2.45) is 0 Å². The first-order valence-corrected chi connectivity index (χ1v) is 10.7. The number of nitrogens with zero attached hydrogens (tertiary/aromatic N) is 3. The number of hydrogen-bond donors (Lipinski definition) is 1. The highest BCUT2D eigenvalue weighted by Gasteiger charge is 2.64. The van der Waals surface area contributed by atoms with E-state index in [1.165, 1.54) is 4.90 Å². The summed E-state index contributed by atoms with van der Waals surface area (Å²) in [4.78, 5) is 32.4. The van der Waals surface area contributed by atoms with Gasteiger partial charge in [0.1, 0.15) is 11.3 Å². The highest BCUT2D eigenvalue weighted by atomic mass is 16.5. The summed E-state index contributed by atoms with van der Waals surface area (Å²) in [5, 5.41) is 10.3. The fraction of sp³-hybridized carbons (Fsp3) is 0.417. The Hall–Kier alpha value is -2.74. The Morgan fingerprint density at radius 1 is 1.03 bits per heavy atom. The number of β-amino-alcohol motifs (C(OH)–C–C–N with tert-alkyl or cyclic N) is 1. The number of ether oxygens (including phenoxy) is 1. The Balaban J connectivity index is 1.39. The third-order valence-corrected chi connectivity index (χ3v) is 6.76. The number of rotatable bonds is 5. The Morgan fingerprint density at radius 3 is 2.48 bits per heavy atom. The van der Waals surface area contributed by atoms with E-state index < -0.39 is 17.7 Å². The quantitative estimate of drug-likeness (QED) is 0.733. The highest BCUT2D eigenvalue weighted by Crippen LogP contribution is 2.41. The van der Waals surface area contributed by atoms with Gasteiger partial charge in [-0.3, -0.25) is 24.3 Å². The smallest absolute Gasteiger partial charge is 0.252 e. The molecule has 3 aliphatic rings. The highest BCUT2D eigenvalue weighted by molar-refractivity contribution is 6.06. The Labute approximate surface area is 181 Å². The zero-order valence-corrected chi connectivity index (χ0v) is 17.6. The predicted octanol–water partition coefficient (Wildman–Crippen LogP) is 1.25. The van der Waals surface area contributed by atoms with Crippen molar-refractivity contribution < 1.29 is 19.4 Å². The second-order valence-electron chi connectivity index (χ2n) is 8.76. The van der Waals surface area contributed by atoms with Crippen molar-refractivity contribution in [3.63, 3.8) is 0 Å². The van der Waals surface area contributed by atoms with Gasteiger partial charge in [-0.1, -0.05) is 48.5 Å². The number of likely N-dealkylation sites (tertiary alicyclic amines) is 1. The zero-order chi connectivity index (χ0) is 21.6. The number of fused-ring (bicyclic) bond motifs is 2. The van der Waals surface area contributed by atoms with E-state index in [0.717, 1.165) is 16.9 Å². The number of amides is 2. The minimum atomic E-state index is -0.757. The SMILES string of the molecule is COc1ccccc1CN1CC2(C1)C(=O)N(Cc1ccccc1)C(=O)C1CC(O)CN12. The molecular weight excluding hydrogens is 394 g/mol. The van der Waals surface area contributed by atoms with Crippen LogP contribution in [-0.2, 0) is 22.7 Å². The van der Waals surface area contributed by atoms with Crippen molar-refractivity contribution >= 4 is 11.8 Å². The molecule has 0 bridgehead atoms. The lowest BCUT2D eigenvalue weighted by molar-refractivity contribution is -0.181. The van der Waals surface area contributed by atoms with Gasteiger partial charge in [-0.2, -0.15) is 0 Å². The topological polar surface area (TPSA) is 73.3 Å². The summed E-state index contributed by atoms with van der Waals surface area (Å²) in [6.07, 6.45) is -0.204. The fourth-order valence-electron chi connectivity index (χ4n) is 5.29. The first kappa shape index (κ1) is 20.2. The van der Waals surface area contributed by atoms with Gasteiger partial charge in [-0.15, -0.1) is 0 Å². The summed E-state index contributed by atoms with van der Waals surface area (Å²) < 4.78 is 5.46. The number of methoxy groups -OCH3 is 1. The van der Waals surface area contributed by atoms with Crippen molar-refractivity contribution in [3.8, 4) is 5.75 Å². The van der Waals surface area contributed by atoms with Crippen LogP contribution in [0.25, 0.3) is 0 Å². The number of piperazine rings is 1. The number of benzene rings is 2. The molecule has 2 aromatic carbocycles. The molecular formula is C24H27N3O4. The standard InChI is InChI=1S/C24H27N3O4/c1-31-21-10-6-5-9-18(21)13-25-15-24(16-25)23(30)26(12-17-7-3-2-4-8-17)22(29)20-11-19(28)14-27(20)24/h2-10,19-20,28H,11-16H2,1H3. The predicted molar refractivity (Wildman–Crippen MR) is 114 cm³/mol. The number of carbonyl (C=O) groups is 2. The van der Waals surface area contributed by atoms with E-state index in [2.05, 4.69) is 4.90 Å². The summed E-state index contributed by atoms with van der Waals surface area (Å²) in [5.41, 5.74) is 1.24. The molecule has 7 nitrogen and oxygen atoms in total. The minimum absolute atomic E-state index is 0.150. The van der Waals surface area contributed by atoms with E-state index in [4.69, 9.17) is 4.74 Å². The molecule has 31 heavy (non-hydrogen) atoms. The van der Waals surface area contributed by atoms with Gasteiger partial charge in [0.2, 0.25) is 5.91 Å². The van der Waals surface area contributed by atoms with Crippen LogP contribution >= 0.6 is 0 Å². The van der Waals surface area contributed by atoms with Gasteiger partial charge >= 0.3 is 0 Å². The second-order valence-corrected chi connectivity index (χ2v) is 8.76. The van der Waals surface area contributed by atoms with E-state index in [9.17, 15) is 14.7 Å². The number of aliphatic hydroxyl groups is 1. The van der Waals surface area contributed by atoms with Crippen LogP contribution in [0.1, 0.15) is 17.5 Å². The number of carbonyl (C=O) groups excluding carboxylic acids is 2. The number of para-hydroxylation sites is 1. The van der Waals surface area contributed by atoms with Gasteiger partial charge < -0.3 is 9.84 Å². The Morgan fingerprint density at radius 2 is 1.74 bits per heavy atom. The molecule has 3 heterocycles.